The van der Waals surface area contributed by atoms with E-state index < -0.39 is 0 Å². The first-order chi connectivity index (χ1) is 11.1. The molecular weight excluding hydrogens is 306 g/mol. The van der Waals surface area contributed by atoms with E-state index in [1.54, 1.807) is 0 Å². The van der Waals surface area contributed by atoms with Crippen molar-refractivity contribution >= 4 is 17.3 Å². The fraction of sp³-hybridized carbons (Fsp3) is 0.944. The summed E-state index contributed by atoms with van der Waals surface area (Å²) in [5.74, 6) is 0. The number of ether oxygens (including phenoxy) is 1. The molecule has 3 atom stereocenters. The molecule has 0 aromatic heterocycles. The fourth-order valence-electron chi connectivity index (χ4n) is 4.53. The molecule has 0 unspecified atom stereocenters. The fourth-order valence-corrected chi connectivity index (χ4v) is 4.94. The lowest BCUT2D eigenvalue weighted by Crippen LogP contribution is -2.53. The maximum atomic E-state index is 5.86. The van der Waals surface area contributed by atoms with Crippen molar-refractivity contribution in [1.82, 2.24) is 15.1 Å². The SMILES string of the molecule is C[C@@H]1CN(C[C@@H]2CCCN2C(=S)NC2CCCCC2)C[C@@H](C)O1. The second-order valence-electron chi connectivity index (χ2n) is 7.75. The zero-order chi connectivity index (χ0) is 16.2. The van der Waals surface area contributed by atoms with Crippen LogP contribution in [0.2, 0.25) is 0 Å². The van der Waals surface area contributed by atoms with E-state index in [1.165, 1.54) is 44.9 Å². The van der Waals surface area contributed by atoms with Gasteiger partial charge in [-0.05, 0) is 51.7 Å². The Morgan fingerprint density at radius 2 is 1.74 bits per heavy atom. The van der Waals surface area contributed by atoms with Crippen LogP contribution in [-0.4, -0.2) is 65.4 Å². The normalized spacial score (nSPS) is 33.8. The minimum atomic E-state index is 0.348. The van der Waals surface area contributed by atoms with E-state index in [9.17, 15) is 0 Å². The van der Waals surface area contributed by atoms with Gasteiger partial charge in [-0.25, -0.2) is 0 Å². The summed E-state index contributed by atoms with van der Waals surface area (Å²) in [5.41, 5.74) is 0. The van der Waals surface area contributed by atoms with Crippen molar-refractivity contribution in [2.75, 3.05) is 26.2 Å². The van der Waals surface area contributed by atoms with Crippen LogP contribution in [0.25, 0.3) is 0 Å². The van der Waals surface area contributed by atoms with E-state index in [2.05, 4.69) is 29.0 Å². The lowest BCUT2D eigenvalue weighted by atomic mass is 9.96. The van der Waals surface area contributed by atoms with Crippen LogP contribution < -0.4 is 5.32 Å². The molecule has 4 nitrogen and oxygen atoms in total. The predicted molar refractivity (Wildman–Crippen MR) is 98.8 cm³/mol. The summed E-state index contributed by atoms with van der Waals surface area (Å²) < 4.78 is 5.86. The van der Waals surface area contributed by atoms with E-state index in [0.717, 1.165) is 31.3 Å². The molecule has 5 heteroatoms. The standard InChI is InChI=1S/C18H33N3OS/c1-14-11-20(12-15(2)22-14)13-17-9-6-10-21(17)18(23)19-16-7-4-3-5-8-16/h14-17H,3-13H2,1-2H3,(H,19,23)/t14-,15-,17+/m1/s1. The van der Waals surface area contributed by atoms with Crippen LogP contribution in [0.3, 0.4) is 0 Å². The Hall–Kier alpha value is -0.390. The molecule has 0 aromatic carbocycles. The zero-order valence-corrected chi connectivity index (χ0v) is 15.6. The van der Waals surface area contributed by atoms with Crippen molar-refractivity contribution in [2.45, 2.75) is 83.1 Å². The average Bonchev–Trinajstić information content (AvgIpc) is 2.95. The van der Waals surface area contributed by atoms with Gasteiger partial charge in [0.15, 0.2) is 5.11 Å². The van der Waals surface area contributed by atoms with Crippen molar-refractivity contribution < 1.29 is 4.74 Å². The Kier molecular flexibility index (Phi) is 6.16. The summed E-state index contributed by atoms with van der Waals surface area (Å²) in [6.45, 7) is 8.73. The number of nitrogens with one attached hydrogen (secondary N) is 1. The van der Waals surface area contributed by atoms with Gasteiger partial charge in [-0.15, -0.1) is 0 Å². The minimum absolute atomic E-state index is 0.348. The molecule has 0 amide bonds. The molecule has 2 heterocycles. The van der Waals surface area contributed by atoms with E-state index in [0.29, 0.717) is 24.3 Å². The number of likely N-dealkylation sites (tertiary alicyclic amines) is 1. The first-order valence-corrected chi connectivity index (χ1v) is 9.97. The van der Waals surface area contributed by atoms with Crippen LogP contribution in [0, 0.1) is 0 Å². The Balaban J connectivity index is 1.51. The van der Waals surface area contributed by atoms with Crippen LogP contribution in [0.4, 0.5) is 0 Å². The third kappa shape index (κ3) is 4.80. The highest BCUT2D eigenvalue weighted by atomic mass is 32.1. The molecular formula is C18H33N3OS. The molecule has 23 heavy (non-hydrogen) atoms. The molecule has 3 fully saturated rings. The van der Waals surface area contributed by atoms with E-state index >= 15 is 0 Å². The monoisotopic (exact) mass is 339 g/mol. The summed E-state index contributed by atoms with van der Waals surface area (Å²) >= 11 is 5.76. The van der Waals surface area contributed by atoms with Gasteiger partial charge in [0.05, 0.1) is 12.2 Å². The van der Waals surface area contributed by atoms with Crippen LogP contribution in [-0.2, 0) is 4.74 Å². The van der Waals surface area contributed by atoms with E-state index in [-0.39, 0.29) is 0 Å². The van der Waals surface area contributed by atoms with Crippen LogP contribution in [0.15, 0.2) is 0 Å². The van der Waals surface area contributed by atoms with Gasteiger partial charge in [-0.1, -0.05) is 19.3 Å². The Morgan fingerprint density at radius 1 is 1.04 bits per heavy atom. The summed E-state index contributed by atoms with van der Waals surface area (Å²) in [7, 11) is 0. The van der Waals surface area contributed by atoms with Gasteiger partial charge < -0.3 is 15.0 Å². The number of hydrogen-bond acceptors (Lipinski definition) is 3. The summed E-state index contributed by atoms with van der Waals surface area (Å²) in [4.78, 5) is 5.04. The molecule has 1 saturated carbocycles. The van der Waals surface area contributed by atoms with Gasteiger partial charge in [-0.2, -0.15) is 0 Å². The second kappa shape index (κ2) is 8.13. The smallest absolute Gasteiger partial charge is 0.169 e. The molecule has 3 rings (SSSR count). The molecule has 1 N–H and O–H groups in total. The quantitative estimate of drug-likeness (QED) is 0.798. The lowest BCUT2D eigenvalue weighted by molar-refractivity contribution is -0.0710. The van der Waals surface area contributed by atoms with Gasteiger partial charge in [-0.3, -0.25) is 4.90 Å². The topological polar surface area (TPSA) is 27.7 Å². The molecule has 0 aromatic rings. The Labute approximate surface area is 146 Å². The van der Waals surface area contributed by atoms with E-state index in [4.69, 9.17) is 17.0 Å². The predicted octanol–water partition coefficient (Wildman–Crippen LogP) is 2.77. The highest BCUT2D eigenvalue weighted by Crippen LogP contribution is 2.22. The highest BCUT2D eigenvalue weighted by molar-refractivity contribution is 7.80. The van der Waals surface area contributed by atoms with Crippen molar-refractivity contribution in [3.05, 3.63) is 0 Å². The molecule has 3 aliphatic rings. The average molecular weight is 340 g/mol. The first-order valence-electron chi connectivity index (χ1n) is 9.57. The van der Waals surface area contributed by atoms with Gasteiger partial charge in [0.2, 0.25) is 0 Å². The van der Waals surface area contributed by atoms with Crippen molar-refractivity contribution in [3.8, 4) is 0 Å². The Morgan fingerprint density at radius 3 is 2.43 bits per heavy atom. The first kappa shape index (κ1) is 17.4. The van der Waals surface area contributed by atoms with Crippen LogP contribution in [0.1, 0.15) is 58.8 Å². The van der Waals surface area contributed by atoms with Gasteiger partial charge in [0.1, 0.15) is 0 Å². The van der Waals surface area contributed by atoms with Crippen molar-refractivity contribution in [2.24, 2.45) is 0 Å². The maximum Gasteiger partial charge on any atom is 0.169 e. The van der Waals surface area contributed by atoms with Crippen LogP contribution >= 0.6 is 12.2 Å². The van der Waals surface area contributed by atoms with Gasteiger partial charge >= 0.3 is 0 Å². The number of morpholine rings is 1. The third-order valence-corrected chi connectivity index (χ3v) is 5.89. The van der Waals surface area contributed by atoms with Crippen molar-refractivity contribution in [3.63, 3.8) is 0 Å². The van der Waals surface area contributed by atoms with Gasteiger partial charge in [0.25, 0.3) is 0 Å². The maximum absolute atomic E-state index is 5.86. The number of rotatable bonds is 3. The molecule has 1 aliphatic carbocycles. The molecule has 2 saturated heterocycles. The molecule has 2 aliphatic heterocycles. The number of hydrogen-bond donors (Lipinski definition) is 1. The summed E-state index contributed by atoms with van der Waals surface area (Å²) in [6, 6.07) is 1.19. The zero-order valence-electron chi connectivity index (χ0n) is 14.8. The minimum Gasteiger partial charge on any atom is -0.373 e. The lowest BCUT2D eigenvalue weighted by Gasteiger charge is -2.39. The number of nitrogens with zero attached hydrogens (tertiary/aromatic N) is 2. The molecule has 0 spiro atoms. The van der Waals surface area contributed by atoms with E-state index in [1.807, 2.05) is 0 Å². The second-order valence-corrected chi connectivity index (χ2v) is 8.14. The van der Waals surface area contributed by atoms with Gasteiger partial charge in [0, 0.05) is 38.3 Å². The highest BCUT2D eigenvalue weighted by Gasteiger charge is 2.31. The molecule has 0 bridgehead atoms. The number of thiocarbonyl (C=S) groups is 1. The summed E-state index contributed by atoms with van der Waals surface area (Å²) in [5, 5.41) is 4.67. The largest absolute Gasteiger partial charge is 0.373 e. The Bertz CT molecular complexity index is 390. The molecule has 132 valence electrons. The van der Waals surface area contributed by atoms with Crippen LogP contribution in [0.5, 0.6) is 0 Å². The summed E-state index contributed by atoms with van der Waals surface area (Å²) in [6.07, 6.45) is 9.92. The van der Waals surface area contributed by atoms with Crippen molar-refractivity contribution in [1.29, 1.82) is 0 Å². The molecule has 0 radical (unpaired) electrons. The third-order valence-electron chi connectivity index (χ3n) is 5.53.